The van der Waals surface area contributed by atoms with Gasteiger partial charge in [-0.2, -0.15) is 5.10 Å². The molecule has 14 nitrogen and oxygen atoms in total. The second-order valence-corrected chi connectivity index (χ2v) is 17.4. The van der Waals surface area contributed by atoms with Gasteiger partial charge in [-0.15, -0.1) is 0 Å². The van der Waals surface area contributed by atoms with Gasteiger partial charge in [0.1, 0.15) is 22.1 Å². The lowest BCUT2D eigenvalue weighted by Crippen LogP contribution is -2.40. The molecule has 3 aliphatic heterocycles. The zero-order valence-corrected chi connectivity index (χ0v) is 36.2. The van der Waals surface area contributed by atoms with Crippen molar-refractivity contribution < 1.29 is 23.9 Å². The predicted octanol–water partition coefficient (Wildman–Crippen LogP) is 7.72. The van der Waals surface area contributed by atoms with Crippen molar-refractivity contribution >= 4 is 52.1 Å². The van der Waals surface area contributed by atoms with Crippen molar-refractivity contribution in [2.45, 2.75) is 64.3 Å². The molecule has 4 amide bonds. The summed E-state index contributed by atoms with van der Waals surface area (Å²) in [5, 5.41) is 10.1. The van der Waals surface area contributed by atoms with Crippen molar-refractivity contribution in [1.82, 2.24) is 40.3 Å². The highest BCUT2D eigenvalue weighted by Gasteiger charge is 2.30. The highest BCUT2D eigenvalue weighted by molar-refractivity contribution is 6.32. The molecule has 0 spiro atoms. The smallest absolute Gasteiger partial charge is 0.253 e. The Morgan fingerprint density at radius 3 is 2.22 bits per heavy atom. The van der Waals surface area contributed by atoms with E-state index in [4.69, 9.17) is 16.3 Å². The minimum Gasteiger partial charge on any atom is -0.453 e. The monoisotopic (exact) mass is 867 g/mol. The second-order valence-electron chi connectivity index (χ2n) is 17.0. The number of imidazole rings is 1. The van der Waals surface area contributed by atoms with Gasteiger partial charge in [0.25, 0.3) is 11.8 Å². The number of carbonyl (C=O) groups excluding carboxylic acids is 4. The molecule has 63 heavy (non-hydrogen) atoms. The van der Waals surface area contributed by atoms with Gasteiger partial charge in [0, 0.05) is 69.2 Å². The number of hydrogen-bond acceptors (Lipinski definition) is 9. The topological polar surface area (TPSA) is 167 Å². The van der Waals surface area contributed by atoms with Crippen molar-refractivity contribution in [3.8, 4) is 22.9 Å². The third-order valence-corrected chi connectivity index (χ3v) is 13.0. The van der Waals surface area contributed by atoms with E-state index in [-0.39, 0.29) is 29.5 Å². The number of aryl methyl sites for hydroxylation is 2. The zero-order chi connectivity index (χ0) is 43.6. The molecule has 324 valence electrons. The molecule has 15 heteroatoms. The van der Waals surface area contributed by atoms with Crippen molar-refractivity contribution in [3.05, 3.63) is 118 Å². The van der Waals surface area contributed by atoms with Crippen LogP contribution in [0.25, 0.3) is 22.6 Å². The fourth-order valence-electron chi connectivity index (χ4n) is 9.19. The van der Waals surface area contributed by atoms with Gasteiger partial charge in [-0.25, -0.2) is 9.97 Å². The summed E-state index contributed by atoms with van der Waals surface area (Å²) >= 11 is 6.52. The van der Waals surface area contributed by atoms with E-state index in [9.17, 15) is 19.2 Å². The van der Waals surface area contributed by atoms with Crippen LogP contribution in [-0.4, -0.2) is 79.4 Å². The molecule has 6 aromatic rings. The minimum absolute atomic E-state index is 0.0497. The van der Waals surface area contributed by atoms with Gasteiger partial charge in [0.15, 0.2) is 11.4 Å². The summed E-state index contributed by atoms with van der Waals surface area (Å²) in [6.07, 6.45) is 9.86. The van der Waals surface area contributed by atoms with Crippen LogP contribution in [0, 0.1) is 18.8 Å². The fraction of sp³-hybridized carbons (Fsp3) is 0.354. The molecule has 0 bridgehead atoms. The first-order valence-electron chi connectivity index (χ1n) is 21.7. The average Bonchev–Trinajstić information content (AvgIpc) is 3.89. The van der Waals surface area contributed by atoms with Crippen LogP contribution in [0.2, 0.25) is 5.02 Å². The van der Waals surface area contributed by atoms with Gasteiger partial charge in [-0.1, -0.05) is 35.9 Å². The zero-order valence-electron chi connectivity index (χ0n) is 35.4. The number of benzene rings is 3. The maximum absolute atomic E-state index is 13.5. The Kier molecular flexibility index (Phi) is 12.0. The average molecular weight is 868 g/mol. The Morgan fingerprint density at radius 2 is 1.56 bits per heavy atom. The fourth-order valence-corrected chi connectivity index (χ4v) is 9.38. The maximum Gasteiger partial charge on any atom is 0.253 e. The van der Waals surface area contributed by atoms with E-state index in [0.717, 1.165) is 74.2 Å². The molecule has 0 unspecified atom stereocenters. The summed E-state index contributed by atoms with van der Waals surface area (Å²) in [7, 11) is 1.85. The van der Waals surface area contributed by atoms with E-state index < -0.39 is 0 Å². The molecule has 3 saturated heterocycles. The number of rotatable bonds is 11. The number of anilines is 1. The number of H-pyrrole nitrogens is 1. The summed E-state index contributed by atoms with van der Waals surface area (Å²) in [4.78, 5) is 67.0. The molecule has 3 N–H and O–H groups in total. The van der Waals surface area contributed by atoms with Crippen LogP contribution >= 0.6 is 11.6 Å². The van der Waals surface area contributed by atoms with Gasteiger partial charge in [-0.3, -0.25) is 29.2 Å². The lowest BCUT2D eigenvalue weighted by Gasteiger charge is -2.37. The number of amides is 4. The van der Waals surface area contributed by atoms with Crippen LogP contribution in [0.5, 0.6) is 11.5 Å². The number of carbonyl (C=O) groups is 4. The second kappa shape index (κ2) is 18.1. The number of nitrogens with one attached hydrogen (secondary N) is 3. The number of ether oxygens (including phenoxy) is 1. The first-order chi connectivity index (χ1) is 30.5. The van der Waals surface area contributed by atoms with Crippen LogP contribution in [-0.2, 0) is 23.2 Å². The van der Waals surface area contributed by atoms with Crippen LogP contribution in [0.1, 0.15) is 88.4 Å². The van der Waals surface area contributed by atoms with Gasteiger partial charge in [0.05, 0.1) is 23.4 Å². The number of imide groups is 1. The number of likely N-dealkylation sites (tertiary alicyclic amines) is 1. The number of nitrogens with zero attached hydrogens (tertiary/aromatic N) is 6. The maximum atomic E-state index is 13.5. The van der Waals surface area contributed by atoms with Gasteiger partial charge >= 0.3 is 0 Å². The van der Waals surface area contributed by atoms with Crippen LogP contribution in [0.4, 0.5) is 5.69 Å². The molecule has 0 saturated carbocycles. The number of hydrogen-bond donors (Lipinski definition) is 3. The first kappa shape index (κ1) is 41.8. The lowest BCUT2D eigenvalue weighted by atomic mass is 9.82. The molecular formula is C48H50ClN9O5. The normalized spacial score (nSPS) is 17.5. The number of aromatic nitrogens is 5. The minimum atomic E-state index is -0.257. The van der Waals surface area contributed by atoms with Crippen LogP contribution < -0.4 is 20.3 Å². The Bertz CT molecular complexity index is 2640. The quantitative estimate of drug-likeness (QED) is 0.111. The van der Waals surface area contributed by atoms with Gasteiger partial charge in [0.2, 0.25) is 11.8 Å². The number of fused-ring (bicyclic) bond motifs is 1. The van der Waals surface area contributed by atoms with Gasteiger partial charge < -0.3 is 24.8 Å². The summed E-state index contributed by atoms with van der Waals surface area (Å²) < 4.78 is 7.90. The number of aromatic amines is 1. The van der Waals surface area contributed by atoms with Crippen LogP contribution in [0.15, 0.2) is 85.2 Å². The van der Waals surface area contributed by atoms with E-state index >= 15 is 0 Å². The molecule has 0 aliphatic carbocycles. The van der Waals surface area contributed by atoms with Crippen LogP contribution in [0.3, 0.4) is 0 Å². The Hall–Kier alpha value is -6.54. The molecule has 3 aromatic heterocycles. The van der Waals surface area contributed by atoms with E-state index in [1.54, 1.807) is 28.9 Å². The Labute approximate surface area is 370 Å². The molecular weight excluding hydrogens is 818 g/mol. The Balaban J connectivity index is 0.706. The van der Waals surface area contributed by atoms with E-state index in [2.05, 4.69) is 47.7 Å². The molecule has 0 radical (unpaired) electrons. The molecule has 1 atom stereocenters. The standard InChI is InChI=1S/C48H50ClN9O5/c1-29-39(28-56(2)55-29)44-53-42-43(40(49)27-50-45(42)54-44)63-37-13-9-34(10-14-37)46(60)51-26-32-3-5-35(6-4-32)48(62)58-23-19-31(20-24-58)25-30-17-21-57(22-18-30)36-11-7-33(8-12-36)38-15-16-41(59)52-47(38)61/h3-14,27-28,30-31,38H,15-26H2,1-2H3,(H,51,60)(H,50,53,54)(H,52,59,61)/t38-/m0/s1. The third-order valence-electron chi connectivity index (χ3n) is 12.8. The SMILES string of the molecule is Cc1nn(C)cc1-c1nc2ncc(Cl)c(Oc3ccc(C(=O)NCc4ccc(C(=O)N5CCC(CC6CCN(c7ccc([C@@H]8CCC(=O)NC8=O)cc7)CC6)CC5)cc4)cc3)c2[nH]1. The molecule has 3 aromatic carbocycles. The number of piperidine rings is 3. The van der Waals surface area contributed by atoms with Crippen molar-refractivity contribution in [2.75, 3.05) is 31.1 Å². The summed E-state index contributed by atoms with van der Waals surface area (Å²) in [5.41, 5.74) is 6.85. The molecule has 9 rings (SSSR count). The Morgan fingerprint density at radius 1 is 0.873 bits per heavy atom. The number of halogens is 1. The highest BCUT2D eigenvalue weighted by atomic mass is 35.5. The molecule has 3 aliphatic rings. The predicted molar refractivity (Wildman–Crippen MR) is 240 cm³/mol. The molecule has 3 fully saturated rings. The van der Waals surface area contributed by atoms with E-state index in [1.165, 1.54) is 18.3 Å². The van der Waals surface area contributed by atoms with Crippen molar-refractivity contribution in [2.24, 2.45) is 18.9 Å². The van der Waals surface area contributed by atoms with Gasteiger partial charge in [-0.05, 0) is 117 Å². The third kappa shape index (κ3) is 9.31. The van der Waals surface area contributed by atoms with E-state index in [0.29, 0.717) is 75.9 Å². The van der Waals surface area contributed by atoms with E-state index in [1.807, 2.05) is 61.5 Å². The first-order valence-corrected chi connectivity index (χ1v) is 22.1. The number of pyridine rings is 1. The summed E-state index contributed by atoms with van der Waals surface area (Å²) in [6, 6.07) is 22.6. The lowest BCUT2D eigenvalue weighted by molar-refractivity contribution is -0.134. The molecule has 6 heterocycles. The largest absolute Gasteiger partial charge is 0.453 e. The summed E-state index contributed by atoms with van der Waals surface area (Å²) in [5.74, 6) is 1.95. The highest BCUT2D eigenvalue weighted by Crippen LogP contribution is 2.37. The summed E-state index contributed by atoms with van der Waals surface area (Å²) in [6.45, 7) is 5.77. The van der Waals surface area contributed by atoms with Crippen molar-refractivity contribution in [1.29, 1.82) is 0 Å². The van der Waals surface area contributed by atoms with Crippen molar-refractivity contribution in [3.63, 3.8) is 0 Å².